The van der Waals surface area contributed by atoms with E-state index < -0.39 is 13.0 Å². The van der Waals surface area contributed by atoms with Crippen LogP contribution in [-0.2, 0) is 4.74 Å². The maximum Gasteiger partial charge on any atom is 0.261 e. The van der Waals surface area contributed by atoms with Gasteiger partial charge in [0.1, 0.15) is 6.61 Å². The van der Waals surface area contributed by atoms with E-state index in [4.69, 9.17) is 4.74 Å². The molecule has 0 aliphatic rings. The summed E-state index contributed by atoms with van der Waals surface area (Å²) < 4.78 is 28.1. The van der Waals surface area contributed by atoms with Crippen molar-refractivity contribution in [3.05, 3.63) is 0 Å². The van der Waals surface area contributed by atoms with Gasteiger partial charge in [-0.2, -0.15) is 12.6 Å². The van der Waals surface area contributed by atoms with Gasteiger partial charge in [-0.15, -0.1) is 0 Å². The van der Waals surface area contributed by atoms with Crippen LogP contribution >= 0.6 is 12.6 Å². The van der Waals surface area contributed by atoms with Gasteiger partial charge >= 0.3 is 0 Å². The molecule has 0 aromatic rings. The molecule has 0 aliphatic heterocycles. The molecule has 0 spiro atoms. The summed E-state index contributed by atoms with van der Waals surface area (Å²) >= 11 is 4.11. The van der Waals surface area contributed by atoms with Crippen molar-refractivity contribution < 1.29 is 13.5 Å². The summed E-state index contributed by atoms with van der Waals surface area (Å²) in [6.07, 6.45) is -0.317. The average Bonchev–Trinajstić information content (AvgIpc) is 2.02. The highest BCUT2D eigenvalue weighted by Gasteiger charge is 2.07. The molecule has 0 saturated heterocycles. The molecule has 0 radical (unpaired) electrons. The second kappa shape index (κ2) is 7.80. The second-order valence-corrected chi connectivity index (χ2v) is 3.13. The SMILES string of the molecule is CCCC(CS)COCC(F)F. The van der Waals surface area contributed by atoms with Crippen molar-refractivity contribution in [1.29, 1.82) is 0 Å². The molecule has 0 amide bonds. The number of ether oxygens (including phenoxy) is 1. The molecule has 1 atom stereocenters. The number of hydrogen-bond acceptors (Lipinski definition) is 2. The molecular weight excluding hydrogens is 182 g/mol. The Labute approximate surface area is 77.9 Å². The second-order valence-electron chi connectivity index (χ2n) is 2.77. The lowest BCUT2D eigenvalue weighted by Gasteiger charge is -2.12. The summed E-state index contributed by atoms with van der Waals surface area (Å²) in [6.45, 7) is 2.01. The molecule has 12 heavy (non-hydrogen) atoms. The average molecular weight is 198 g/mol. The van der Waals surface area contributed by atoms with Crippen LogP contribution in [0.25, 0.3) is 0 Å². The molecule has 0 aliphatic carbocycles. The normalized spacial score (nSPS) is 13.8. The molecule has 0 heterocycles. The van der Waals surface area contributed by atoms with Gasteiger partial charge in [-0.25, -0.2) is 8.78 Å². The van der Waals surface area contributed by atoms with E-state index >= 15 is 0 Å². The number of rotatable bonds is 7. The van der Waals surface area contributed by atoms with Crippen LogP contribution in [0.5, 0.6) is 0 Å². The molecule has 0 fully saturated rings. The number of halogens is 2. The highest BCUT2D eigenvalue weighted by molar-refractivity contribution is 7.80. The predicted molar refractivity (Wildman–Crippen MR) is 49.1 cm³/mol. The van der Waals surface area contributed by atoms with Gasteiger partial charge in [0.05, 0.1) is 6.61 Å². The molecule has 74 valence electrons. The van der Waals surface area contributed by atoms with Crippen LogP contribution < -0.4 is 0 Å². The van der Waals surface area contributed by atoms with E-state index in [0.29, 0.717) is 18.3 Å². The largest absolute Gasteiger partial charge is 0.375 e. The first-order valence-electron chi connectivity index (χ1n) is 4.17. The van der Waals surface area contributed by atoms with E-state index in [9.17, 15) is 8.78 Å². The standard InChI is InChI=1S/C8H16F2OS/c1-2-3-7(6-12)4-11-5-8(9)10/h7-8,12H,2-6H2,1H3. The first kappa shape index (κ1) is 12.2. The predicted octanol–water partition coefficient (Wildman–Crippen LogP) is 2.61. The van der Waals surface area contributed by atoms with Crippen LogP contribution in [-0.4, -0.2) is 25.4 Å². The third kappa shape index (κ3) is 6.85. The summed E-state index contributed by atoms with van der Waals surface area (Å²) in [5.74, 6) is 1.02. The van der Waals surface area contributed by atoms with Crippen LogP contribution in [0.15, 0.2) is 0 Å². The Balaban J connectivity index is 3.31. The zero-order chi connectivity index (χ0) is 9.40. The fourth-order valence-electron chi connectivity index (χ4n) is 0.959. The summed E-state index contributed by atoms with van der Waals surface area (Å²) in [5.41, 5.74) is 0. The molecule has 0 bridgehead atoms. The van der Waals surface area contributed by atoms with Crippen molar-refractivity contribution in [2.75, 3.05) is 19.0 Å². The Morgan fingerprint density at radius 1 is 1.33 bits per heavy atom. The van der Waals surface area contributed by atoms with Gasteiger partial charge in [0.2, 0.25) is 0 Å². The maximum absolute atomic E-state index is 11.6. The van der Waals surface area contributed by atoms with Crippen LogP contribution in [0, 0.1) is 5.92 Å². The van der Waals surface area contributed by atoms with Gasteiger partial charge in [-0.05, 0) is 18.1 Å². The van der Waals surface area contributed by atoms with E-state index in [-0.39, 0.29) is 0 Å². The van der Waals surface area contributed by atoms with E-state index in [1.54, 1.807) is 0 Å². The summed E-state index contributed by atoms with van der Waals surface area (Å²) in [6, 6.07) is 0. The lowest BCUT2D eigenvalue weighted by molar-refractivity contribution is 0.00562. The topological polar surface area (TPSA) is 9.23 Å². The molecule has 0 aromatic heterocycles. The van der Waals surface area contributed by atoms with Gasteiger partial charge < -0.3 is 4.74 Å². The van der Waals surface area contributed by atoms with Crippen molar-refractivity contribution >= 4 is 12.6 Å². The van der Waals surface area contributed by atoms with E-state index in [0.717, 1.165) is 12.8 Å². The lowest BCUT2D eigenvalue weighted by Crippen LogP contribution is -2.14. The minimum atomic E-state index is -2.35. The minimum absolute atomic E-state index is 0.317. The third-order valence-electron chi connectivity index (χ3n) is 1.55. The summed E-state index contributed by atoms with van der Waals surface area (Å²) in [4.78, 5) is 0. The molecule has 4 heteroatoms. The van der Waals surface area contributed by atoms with Crippen LogP contribution in [0.2, 0.25) is 0 Å². The Kier molecular flexibility index (Phi) is 7.91. The highest BCUT2D eigenvalue weighted by Crippen LogP contribution is 2.09. The quantitative estimate of drug-likeness (QED) is 0.619. The maximum atomic E-state index is 11.6. The van der Waals surface area contributed by atoms with Crippen LogP contribution in [0.4, 0.5) is 8.78 Å². The molecule has 0 rings (SSSR count). The molecule has 1 unspecified atom stereocenters. The van der Waals surface area contributed by atoms with Gasteiger partial charge in [-0.1, -0.05) is 13.3 Å². The van der Waals surface area contributed by atoms with Gasteiger partial charge in [-0.3, -0.25) is 0 Å². The Hall–Kier alpha value is 0.170. The fraction of sp³-hybridized carbons (Fsp3) is 1.00. The summed E-state index contributed by atoms with van der Waals surface area (Å²) in [7, 11) is 0. The number of hydrogen-bond donors (Lipinski definition) is 1. The van der Waals surface area contributed by atoms with Crippen molar-refractivity contribution in [2.45, 2.75) is 26.2 Å². The zero-order valence-corrected chi connectivity index (χ0v) is 8.20. The van der Waals surface area contributed by atoms with Crippen molar-refractivity contribution in [3.63, 3.8) is 0 Å². The summed E-state index contributed by atoms with van der Waals surface area (Å²) in [5, 5.41) is 0. The van der Waals surface area contributed by atoms with Crippen molar-refractivity contribution in [3.8, 4) is 0 Å². The van der Waals surface area contributed by atoms with Gasteiger partial charge in [0.25, 0.3) is 6.43 Å². The smallest absolute Gasteiger partial charge is 0.261 e. The van der Waals surface area contributed by atoms with Gasteiger partial charge in [0.15, 0.2) is 0 Å². The van der Waals surface area contributed by atoms with Crippen LogP contribution in [0.1, 0.15) is 19.8 Å². The molecule has 1 nitrogen and oxygen atoms in total. The fourth-order valence-corrected chi connectivity index (χ4v) is 1.25. The van der Waals surface area contributed by atoms with Gasteiger partial charge in [0, 0.05) is 0 Å². The molecule has 0 saturated carbocycles. The number of alkyl halides is 2. The highest BCUT2D eigenvalue weighted by atomic mass is 32.1. The van der Waals surface area contributed by atoms with E-state index in [1.807, 2.05) is 0 Å². The van der Waals surface area contributed by atoms with Crippen molar-refractivity contribution in [1.82, 2.24) is 0 Å². The minimum Gasteiger partial charge on any atom is -0.375 e. The molecular formula is C8H16F2OS. The third-order valence-corrected chi connectivity index (χ3v) is 2.07. The first-order chi connectivity index (χ1) is 5.70. The monoisotopic (exact) mass is 198 g/mol. The Bertz CT molecular complexity index is 101. The molecule has 0 aromatic carbocycles. The number of thiol groups is 1. The van der Waals surface area contributed by atoms with Crippen molar-refractivity contribution in [2.24, 2.45) is 5.92 Å². The van der Waals surface area contributed by atoms with E-state index in [2.05, 4.69) is 19.6 Å². The molecule has 0 N–H and O–H groups in total. The Morgan fingerprint density at radius 3 is 2.42 bits per heavy atom. The zero-order valence-electron chi connectivity index (χ0n) is 7.30. The first-order valence-corrected chi connectivity index (χ1v) is 4.80. The lowest BCUT2D eigenvalue weighted by atomic mass is 10.1. The Morgan fingerprint density at radius 2 is 2.00 bits per heavy atom. The van der Waals surface area contributed by atoms with E-state index in [1.165, 1.54) is 0 Å². The van der Waals surface area contributed by atoms with Crippen LogP contribution in [0.3, 0.4) is 0 Å².